The fraction of sp³-hybridized carbons (Fsp3) is 0.600. The van der Waals surface area contributed by atoms with Crippen LogP contribution in [0.15, 0.2) is 17.7 Å². The summed E-state index contributed by atoms with van der Waals surface area (Å²) in [7, 11) is 0. The molecule has 0 heterocycles. The summed E-state index contributed by atoms with van der Waals surface area (Å²) < 4.78 is 0. The van der Waals surface area contributed by atoms with Gasteiger partial charge >= 0.3 is 0 Å². The molecular weight excluding hydrogens is 360 g/mol. The Labute approximate surface area is 176 Å². The third-order valence-electron chi connectivity index (χ3n) is 5.85. The van der Waals surface area contributed by atoms with Crippen molar-refractivity contribution in [3.05, 3.63) is 34.4 Å². The summed E-state index contributed by atoms with van der Waals surface area (Å²) >= 11 is 0. The highest BCUT2D eigenvalue weighted by Gasteiger charge is 2.27. The molecule has 0 saturated heterocycles. The summed E-state index contributed by atoms with van der Waals surface area (Å²) in [5.41, 5.74) is 1.97. The van der Waals surface area contributed by atoms with Crippen molar-refractivity contribution in [2.45, 2.75) is 91.0 Å². The van der Waals surface area contributed by atoms with Crippen molar-refractivity contribution < 1.29 is 9.90 Å². The van der Waals surface area contributed by atoms with Crippen LogP contribution in [-0.2, 0) is 15.6 Å². The lowest BCUT2D eigenvalue weighted by Crippen LogP contribution is -2.41. The molecule has 4 nitrogen and oxygen atoms in total. The summed E-state index contributed by atoms with van der Waals surface area (Å²) in [4.78, 5) is 12.8. The van der Waals surface area contributed by atoms with Gasteiger partial charge in [-0.05, 0) is 53.4 Å². The first-order chi connectivity index (χ1) is 13.3. The third-order valence-corrected chi connectivity index (χ3v) is 5.85. The van der Waals surface area contributed by atoms with E-state index in [1.54, 1.807) is 6.08 Å². The summed E-state index contributed by atoms with van der Waals surface area (Å²) in [5, 5.41) is 23.6. The van der Waals surface area contributed by atoms with Gasteiger partial charge in [-0.25, -0.2) is 0 Å². The second-order valence-corrected chi connectivity index (χ2v) is 10.5. The summed E-state index contributed by atoms with van der Waals surface area (Å²) in [5.74, 6) is 0.413. The SMILES string of the molecule is C[C@@H]1CCCC[C@@H]1NC(=O)/C(C#N)=C/c1cc(C(C)(C)C)c(O)c(C(C)(C)C)c1. The van der Waals surface area contributed by atoms with Crippen molar-refractivity contribution >= 4 is 12.0 Å². The molecule has 1 fully saturated rings. The molecule has 158 valence electrons. The number of carbonyl (C=O) groups excluding carboxylic acids is 1. The van der Waals surface area contributed by atoms with Gasteiger partial charge in [0.1, 0.15) is 17.4 Å². The Balaban J connectivity index is 2.44. The van der Waals surface area contributed by atoms with Crippen molar-refractivity contribution in [1.29, 1.82) is 5.26 Å². The van der Waals surface area contributed by atoms with E-state index < -0.39 is 0 Å². The van der Waals surface area contributed by atoms with Crippen molar-refractivity contribution in [2.24, 2.45) is 5.92 Å². The summed E-state index contributed by atoms with van der Waals surface area (Å²) in [6.07, 6.45) is 6.04. The number of aromatic hydroxyl groups is 1. The monoisotopic (exact) mass is 396 g/mol. The molecule has 2 atom stereocenters. The molecule has 4 heteroatoms. The van der Waals surface area contributed by atoms with Crippen LogP contribution in [0.25, 0.3) is 6.08 Å². The zero-order chi connectivity index (χ0) is 22.0. The van der Waals surface area contributed by atoms with E-state index in [-0.39, 0.29) is 28.4 Å². The van der Waals surface area contributed by atoms with Gasteiger partial charge in [0, 0.05) is 17.2 Å². The predicted molar refractivity (Wildman–Crippen MR) is 119 cm³/mol. The normalized spacial score (nSPS) is 20.8. The molecule has 1 aliphatic carbocycles. The highest BCUT2D eigenvalue weighted by Crippen LogP contribution is 2.40. The first-order valence-electron chi connectivity index (χ1n) is 10.6. The fourth-order valence-electron chi connectivity index (χ4n) is 3.98. The lowest BCUT2D eigenvalue weighted by Gasteiger charge is -2.29. The molecule has 0 spiro atoms. The van der Waals surface area contributed by atoms with Crippen LogP contribution in [-0.4, -0.2) is 17.1 Å². The zero-order valence-corrected chi connectivity index (χ0v) is 19.0. The van der Waals surface area contributed by atoms with Crippen LogP contribution >= 0.6 is 0 Å². The minimum absolute atomic E-state index is 0.105. The van der Waals surface area contributed by atoms with Crippen molar-refractivity contribution in [3.63, 3.8) is 0 Å². The second-order valence-electron chi connectivity index (χ2n) is 10.5. The lowest BCUT2D eigenvalue weighted by atomic mass is 9.78. The maximum absolute atomic E-state index is 12.8. The van der Waals surface area contributed by atoms with Crippen LogP contribution < -0.4 is 5.32 Å². The number of benzene rings is 1. The van der Waals surface area contributed by atoms with Gasteiger partial charge in [0.05, 0.1) is 0 Å². The predicted octanol–water partition coefficient (Wildman–Crippen LogP) is 5.59. The van der Waals surface area contributed by atoms with Gasteiger partial charge in [-0.1, -0.05) is 61.3 Å². The Morgan fingerprint density at radius 1 is 1.10 bits per heavy atom. The number of nitrogens with one attached hydrogen (secondary N) is 1. The maximum Gasteiger partial charge on any atom is 0.262 e. The van der Waals surface area contributed by atoms with Gasteiger partial charge in [0.25, 0.3) is 5.91 Å². The topological polar surface area (TPSA) is 73.1 Å². The standard InChI is InChI=1S/C25H36N2O2/c1-16-10-8-9-11-21(16)27-23(29)18(15-26)12-17-13-19(24(2,3)4)22(28)20(14-17)25(5,6)7/h12-14,16,21,28H,8-11H2,1-7H3,(H,27,29)/b18-12+/t16-,21+/m1/s1. The van der Waals surface area contributed by atoms with Crippen molar-refractivity contribution in [1.82, 2.24) is 5.32 Å². The molecule has 0 radical (unpaired) electrons. The molecule has 0 bridgehead atoms. The quantitative estimate of drug-likeness (QED) is 0.517. The molecule has 0 unspecified atom stereocenters. The van der Waals surface area contributed by atoms with E-state index in [9.17, 15) is 15.2 Å². The van der Waals surface area contributed by atoms with Gasteiger partial charge in [-0.2, -0.15) is 5.26 Å². The number of nitrogens with zero attached hydrogens (tertiary/aromatic N) is 1. The smallest absolute Gasteiger partial charge is 0.262 e. The number of amides is 1. The largest absolute Gasteiger partial charge is 0.507 e. The molecular formula is C25H36N2O2. The number of rotatable bonds is 3. The van der Waals surface area contributed by atoms with E-state index in [2.05, 4.69) is 18.3 Å². The highest BCUT2D eigenvalue weighted by atomic mass is 16.3. The van der Waals surface area contributed by atoms with Crippen LogP contribution in [0.4, 0.5) is 0 Å². The number of hydrogen-bond acceptors (Lipinski definition) is 3. The summed E-state index contributed by atoms with van der Waals surface area (Å²) in [6.45, 7) is 14.4. The number of carbonyl (C=O) groups is 1. The van der Waals surface area contributed by atoms with E-state index in [0.29, 0.717) is 11.7 Å². The Bertz CT molecular complexity index is 797. The molecule has 0 aromatic heterocycles. The van der Waals surface area contributed by atoms with E-state index >= 15 is 0 Å². The van der Waals surface area contributed by atoms with Gasteiger partial charge < -0.3 is 10.4 Å². The molecule has 1 saturated carbocycles. The van der Waals surface area contributed by atoms with Crippen LogP contribution in [0.1, 0.15) is 90.8 Å². The maximum atomic E-state index is 12.8. The molecule has 2 rings (SSSR count). The van der Waals surface area contributed by atoms with Crippen LogP contribution in [0, 0.1) is 17.2 Å². The van der Waals surface area contributed by atoms with E-state index in [1.807, 2.05) is 53.7 Å². The number of phenols is 1. The van der Waals surface area contributed by atoms with E-state index in [4.69, 9.17) is 0 Å². The molecule has 1 amide bonds. The Hall–Kier alpha value is -2.28. The van der Waals surface area contributed by atoms with Crippen molar-refractivity contribution in [2.75, 3.05) is 0 Å². The summed E-state index contributed by atoms with van der Waals surface area (Å²) in [6, 6.07) is 5.97. The van der Waals surface area contributed by atoms with Crippen molar-refractivity contribution in [3.8, 4) is 11.8 Å². The molecule has 0 aliphatic heterocycles. The van der Waals surface area contributed by atoms with E-state index in [0.717, 1.165) is 36.0 Å². The molecule has 1 aliphatic rings. The van der Waals surface area contributed by atoms with Crippen LogP contribution in [0.5, 0.6) is 5.75 Å². The first-order valence-corrected chi connectivity index (χ1v) is 10.6. The Morgan fingerprint density at radius 2 is 1.62 bits per heavy atom. The number of nitriles is 1. The lowest BCUT2D eigenvalue weighted by molar-refractivity contribution is -0.118. The Morgan fingerprint density at radius 3 is 2.07 bits per heavy atom. The average Bonchev–Trinajstić information content (AvgIpc) is 2.60. The number of phenolic OH excluding ortho intramolecular Hbond substituents is 1. The van der Waals surface area contributed by atoms with Gasteiger partial charge in [0.2, 0.25) is 0 Å². The van der Waals surface area contributed by atoms with Crippen LogP contribution in [0.2, 0.25) is 0 Å². The van der Waals surface area contributed by atoms with Gasteiger partial charge in [-0.15, -0.1) is 0 Å². The fourth-order valence-corrected chi connectivity index (χ4v) is 3.98. The molecule has 1 aromatic rings. The molecule has 2 N–H and O–H groups in total. The first kappa shape index (κ1) is 23.0. The second kappa shape index (κ2) is 8.61. The molecule has 29 heavy (non-hydrogen) atoms. The van der Waals surface area contributed by atoms with Gasteiger partial charge in [-0.3, -0.25) is 4.79 Å². The minimum atomic E-state index is -0.311. The average molecular weight is 397 g/mol. The van der Waals surface area contributed by atoms with Gasteiger partial charge in [0.15, 0.2) is 0 Å². The van der Waals surface area contributed by atoms with E-state index in [1.165, 1.54) is 6.42 Å². The third kappa shape index (κ3) is 5.63. The molecule has 1 aromatic carbocycles. The Kier molecular flexibility index (Phi) is 6.83. The minimum Gasteiger partial charge on any atom is -0.507 e. The highest BCUT2D eigenvalue weighted by molar-refractivity contribution is 6.01. The van der Waals surface area contributed by atoms with Crippen LogP contribution in [0.3, 0.4) is 0 Å². The zero-order valence-electron chi connectivity index (χ0n) is 19.0. The number of hydrogen-bond donors (Lipinski definition) is 2.